The number of nitrogens with zero attached hydrogens (tertiary/aromatic N) is 1. The molecule has 0 radical (unpaired) electrons. The highest BCUT2D eigenvalue weighted by Gasteiger charge is 2.40. The predicted octanol–water partition coefficient (Wildman–Crippen LogP) is 2.97. The van der Waals surface area contributed by atoms with Crippen molar-refractivity contribution in [3.63, 3.8) is 0 Å². The zero-order valence-electron chi connectivity index (χ0n) is 13.1. The summed E-state index contributed by atoms with van der Waals surface area (Å²) in [5, 5.41) is 11.1. The summed E-state index contributed by atoms with van der Waals surface area (Å²) in [7, 11) is 5.81. The van der Waals surface area contributed by atoms with Gasteiger partial charge in [-0.05, 0) is 58.5 Å². The molecule has 1 fully saturated rings. The molecule has 1 aliphatic rings. The van der Waals surface area contributed by atoms with Gasteiger partial charge in [0.1, 0.15) is 5.76 Å². The predicted molar refractivity (Wildman–Crippen MR) is 80.0 cm³/mol. The molecule has 0 aromatic heterocycles. The van der Waals surface area contributed by atoms with Crippen molar-refractivity contribution in [3.05, 3.63) is 23.5 Å². The van der Waals surface area contributed by atoms with Crippen molar-refractivity contribution in [2.45, 2.75) is 45.1 Å². The second kappa shape index (κ2) is 7.11. The minimum Gasteiger partial charge on any atom is -0.497 e. The molecule has 2 atom stereocenters. The first-order valence-corrected chi connectivity index (χ1v) is 7.20. The van der Waals surface area contributed by atoms with Gasteiger partial charge in [0.2, 0.25) is 0 Å². The van der Waals surface area contributed by atoms with Gasteiger partial charge in [-0.3, -0.25) is 0 Å². The highest BCUT2D eigenvalue weighted by atomic mass is 16.5. The number of allylic oxidation sites excluding steroid dienone is 2. The van der Waals surface area contributed by atoms with Crippen LogP contribution in [-0.2, 0) is 4.74 Å². The van der Waals surface area contributed by atoms with Crippen LogP contribution in [-0.4, -0.2) is 43.4 Å². The van der Waals surface area contributed by atoms with E-state index in [9.17, 15) is 5.11 Å². The summed E-state index contributed by atoms with van der Waals surface area (Å²) in [6.07, 6.45) is 8.18. The van der Waals surface area contributed by atoms with Crippen molar-refractivity contribution in [2.24, 2.45) is 5.92 Å². The fraction of sp³-hybridized carbons (Fsp3) is 0.750. The lowest BCUT2D eigenvalue weighted by Crippen LogP contribution is -2.46. The SMILES string of the molecule is C/C=C(\C=C(/C)[C@@]1(O)CCCC[C@@H]1CN(C)C)OC. The van der Waals surface area contributed by atoms with E-state index in [1.54, 1.807) is 7.11 Å². The molecular formula is C16H29NO2. The molecule has 0 amide bonds. The van der Waals surface area contributed by atoms with Gasteiger partial charge in [0.15, 0.2) is 0 Å². The van der Waals surface area contributed by atoms with E-state index < -0.39 is 5.60 Å². The van der Waals surface area contributed by atoms with E-state index in [1.165, 1.54) is 6.42 Å². The van der Waals surface area contributed by atoms with Crippen molar-refractivity contribution in [3.8, 4) is 0 Å². The van der Waals surface area contributed by atoms with Crippen LogP contribution in [0.25, 0.3) is 0 Å². The first-order valence-electron chi connectivity index (χ1n) is 7.20. The Kier molecular flexibility index (Phi) is 6.08. The minimum absolute atomic E-state index is 0.308. The van der Waals surface area contributed by atoms with Crippen LogP contribution in [0.2, 0.25) is 0 Å². The Morgan fingerprint density at radius 3 is 2.63 bits per heavy atom. The quantitative estimate of drug-likeness (QED) is 0.614. The van der Waals surface area contributed by atoms with E-state index in [1.807, 2.05) is 26.0 Å². The van der Waals surface area contributed by atoms with E-state index in [0.29, 0.717) is 5.92 Å². The third-order valence-electron chi connectivity index (χ3n) is 4.18. The third-order valence-corrected chi connectivity index (χ3v) is 4.18. The van der Waals surface area contributed by atoms with Crippen LogP contribution in [0.5, 0.6) is 0 Å². The summed E-state index contributed by atoms with van der Waals surface area (Å²) in [6, 6.07) is 0. The Morgan fingerprint density at radius 1 is 1.42 bits per heavy atom. The van der Waals surface area contributed by atoms with Gasteiger partial charge in [-0.25, -0.2) is 0 Å². The molecule has 3 nitrogen and oxygen atoms in total. The van der Waals surface area contributed by atoms with Crippen LogP contribution in [0.1, 0.15) is 39.5 Å². The number of ether oxygens (including phenoxy) is 1. The number of hydrogen-bond acceptors (Lipinski definition) is 3. The van der Waals surface area contributed by atoms with Crippen LogP contribution in [0.15, 0.2) is 23.5 Å². The molecule has 19 heavy (non-hydrogen) atoms. The molecule has 1 saturated carbocycles. The Labute approximate surface area is 117 Å². The first-order chi connectivity index (χ1) is 8.93. The van der Waals surface area contributed by atoms with Gasteiger partial charge in [-0.2, -0.15) is 0 Å². The van der Waals surface area contributed by atoms with E-state index in [0.717, 1.165) is 37.1 Å². The van der Waals surface area contributed by atoms with Crippen LogP contribution < -0.4 is 0 Å². The van der Waals surface area contributed by atoms with Crippen LogP contribution in [0.4, 0.5) is 0 Å². The zero-order chi connectivity index (χ0) is 14.5. The Balaban J connectivity index is 2.96. The van der Waals surface area contributed by atoms with Gasteiger partial charge in [-0.1, -0.05) is 12.8 Å². The van der Waals surface area contributed by atoms with Gasteiger partial charge in [0, 0.05) is 12.5 Å². The molecule has 0 aromatic carbocycles. The van der Waals surface area contributed by atoms with Crippen molar-refractivity contribution in [1.82, 2.24) is 4.90 Å². The Morgan fingerprint density at radius 2 is 2.11 bits per heavy atom. The monoisotopic (exact) mass is 267 g/mol. The molecule has 0 aromatic rings. The maximum Gasteiger partial charge on any atom is 0.114 e. The molecule has 0 heterocycles. The summed E-state index contributed by atoms with van der Waals surface area (Å²) in [6.45, 7) is 4.90. The highest BCUT2D eigenvalue weighted by molar-refractivity contribution is 5.26. The second-order valence-corrected chi connectivity index (χ2v) is 5.85. The summed E-state index contributed by atoms with van der Waals surface area (Å²) < 4.78 is 5.29. The molecule has 0 spiro atoms. The lowest BCUT2D eigenvalue weighted by Gasteiger charge is -2.42. The largest absolute Gasteiger partial charge is 0.497 e. The van der Waals surface area contributed by atoms with Crippen molar-refractivity contribution < 1.29 is 9.84 Å². The number of aliphatic hydroxyl groups is 1. The standard InChI is InChI=1S/C16H29NO2/c1-6-15(19-5)11-13(2)16(18)10-8-7-9-14(16)12-17(3)4/h6,11,14,18H,7-10,12H2,1-5H3/b13-11+,15-6+/t14-,16+/m1/s1. The summed E-state index contributed by atoms with van der Waals surface area (Å²) in [5.41, 5.74) is 0.337. The van der Waals surface area contributed by atoms with Crippen LogP contribution in [0.3, 0.4) is 0 Å². The van der Waals surface area contributed by atoms with E-state index in [4.69, 9.17) is 4.74 Å². The van der Waals surface area contributed by atoms with Gasteiger partial charge in [-0.15, -0.1) is 0 Å². The fourth-order valence-corrected chi connectivity index (χ4v) is 3.03. The summed E-state index contributed by atoms with van der Waals surface area (Å²) >= 11 is 0. The minimum atomic E-state index is -0.685. The lowest BCUT2D eigenvalue weighted by molar-refractivity contribution is -0.0246. The van der Waals surface area contributed by atoms with Gasteiger partial charge >= 0.3 is 0 Å². The number of hydrogen-bond donors (Lipinski definition) is 1. The van der Waals surface area contributed by atoms with Crippen molar-refractivity contribution in [1.29, 1.82) is 0 Å². The molecule has 1 aliphatic carbocycles. The molecule has 0 unspecified atom stereocenters. The molecule has 0 bridgehead atoms. The Bertz CT molecular complexity index is 347. The molecule has 0 saturated heterocycles. The van der Waals surface area contributed by atoms with Crippen molar-refractivity contribution >= 4 is 0 Å². The van der Waals surface area contributed by atoms with E-state index in [-0.39, 0.29) is 0 Å². The summed E-state index contributed by atoms with van der Waals surface area (Å²) in [5.74, 6) is 1.13. The average Bonchev–Trinajstić information content (AvgIpc) is 2.38. The van der Waals surface area contributed by atoms with Crippen LogP contribution >= 0.6 is 0 Å². The topological polar surface area (TPSA) is 32.7 Å². The van der Waals surface area contributed by atoms with Gasteiger partial charge in [0.05, 0.1) is 12.7 Å². The second-order valence-electron chi connectivity index (χ2n) is 5.85. The lowest BCUT2D eigenvalue weighted by atomic mass is 9.71. The van der Waals surface area contributed by atoms with E-state index >= 15 is 0 Å². The zero-order valence-corrected chi connectivity index (χ0v) is 13.1. The third kappa shape index (κ3) is 4.08. The highest BCUT2D eigenvalue weighted by Crippen LogP contribution is 2.39. The van der Waals surface area contributed by atoms with Crippen LogP contribution in [0, 0.1) is 5.92 Å². The molecule has 3 heteroatoms. The maximum atomic E-state index is 11.1. The molecule has 110 valence electrons. The molecular weight excluding hydrogens is 238 g/mol. The molecule has 1 rings (SSSR count). The van der Waals surface area contributed by atoms with Gasteiger partial charge in [0.25, 0.3) is 0 Å². The fourth-order valence-electron chi connectivity index (χ4n) is 3.03. The first kappa shape index (κ1) is 16.3. The molecule has 0 aliphatic heterocycles. The Hall–Kier alpha value is -0.800. The van der Waals surface area contributed by atoms with Gasteiger partial charge < -0.3 is 14.7 Å². The molecule has 1 N–H and O–H groups in total. The maximum absolute atomic E-state index is 11.1. The van der Waals surface area contributed by atoms with E-state index in [2.05, 4.69) is 19.0 Å². The number of rotatable bonds is 5. The van der Waals surface area contributed by atoms with Crippen molar-refractivity contribution in [2.75, 3.05) is 27.7 Å². The average molecular weight is 267 g/mol. The normalized spacial score (nSPS) is 29.7. The number of methoxy groups -OCH3 is 1. The summed E-state index contributed by atoms with van der Waals surface area (Å²) in [4.78, 5) is 2.17. The smallest absolute Gasteiger partial charge is 0.114 e.